The monoisotopic (exact) mass is 359 g/mol. The second-order valence-electron chi connectivity index (χ2n) is 6.48. The molecule has 2 amide bonds. The van der Waals surface area contributed by atoms with Crippen molar-refractivity contribution >= 4 is 17.5 Å². The first kappa shape index (κ1) is 19.4. The number of hydrogen-bond acceptors (Lipinski definition) is 4. The SMILES string of the molecule is CC(C)(N)CNC(=O)c1ccccc1OCC(=O)Nc1ccccc1F. The summed E-state index contributed by atoms with van der Waals surface area (Å²) < 4.78 is 19.0. The van der Waals surface area contributed by atoms with Gasteiger partial charge in [-0.3, -0.25) is 9.59 Å². The summed E-state index contributed by atoms with van der Waals surface area (Å²) in [6, 6.07) is 12.4. The smallest absolute Gasteiger partial charge is 0.262 e. The number of rotatable bonds is 7. The van der Waals surface area contributed by atoms with Gasteiger partial charge in [0, 0.05) is 12.1 Å². The molecule has 0 bridgehead atoms. The van der Waals surface area contributed by atoms with Gasteiger partial charge in [-0.1, -0.05) is 24.3 Å². The van der Waals surface area contributed by atoms with Crippen LogP contribution in [0.2, 0.25) is 0 Å². The lowest BCUT2D eigenvalue weighted by molar-refractivity contribution is -0.118. The molecule has 2 aromatic carbocycles. The number of carbonyl (C=O) groups excluding carboxylic acids is 2. The Hall–Kier alpha value is -2.93. The van der Waals surface area contributed by atoms with E-state index in [-0.39, 0.29) is 36.1 Å². The molecule has 0 aliphatic heterocycles. The standard InChI is InChI=1S/C19H22FN3O3/c1-19(2,21)12-22-18(25)13-7-3-6-10-16(13)26-11-17(24)23-15-9-5-4-8-14(15)20/h3-10H,11-12,21H2,1-2H3,(H,22,25)(H,23,24). The zero-order valence-electron chi connectivity index (χ0n) is 14.7. The molecule has 0 radical (unpaired) electrons. The van der Waals surface area contributed by atoms with Gasteiger partial charge in [-0.2, -0.15) is 0 Å². The highest BCUT2D eigenvalue weighted by atomic mass is 19.1. The molecule has 6 nitrogen and oxygen atoms in total. The first-order valence-corrected chi connectivity index (χ1v) is 8.09. The van der Waals surface area contributed by atoms with E-state index < -0.39 is 17.3 Å². The highest BCUT2D eigenvalue weighted by Crippen LogP contribution is 2.18. The van der Waals surface area contributed by atoms with Crippen molar-refractivity contribution in [3.05, 3.63) is 59.9 Å². The third-order valence-corrected chi connectivity index (χ3v) is 3.34. The summed E-state index contributed by atoms with van der Waals surface area (Å²) >= 11 is 0. The molecule has 0 aromatic heterocycles. The Morgan fingerprint density at radius 2 is 1.77 bits per heavy atom. The molecular formula is C19H22FN3O3. The maximum Gasteiger partial charge on any atom is 0.262 e. The van der Waals surface area contributed by atoms with Crippen molar-refractivity contribution in [1.82, 2.24) is 5.32 Å². The number of halogens is 1. The normalized spacial score (nSPS) is 10.9. The molecule has 0 saturated heterocycles. The number of ether oxygens (including phenoxy) is 1. The van der Waals surface area contributed by atoms with Crippen molar-refractivity contribution in [2.75, 3.05) is 18.5 Å². The fourth-order valence-corrected chi connectivity index (χ4v) is 2.08. The Kier molecular flexibility index (Phi) is 6.30. The number of carbonyl (C=O) groups is 2. The van der Waals surface area contributed by atoms with Gasteiger partial charge in [0.1, 0.15) is 11.6 Å². The molecule has 0 aliphatic carbocycles. The summed E-state index contributed by atoms with van der Waals surface area (Å²) in [5, 5.41) is 5.14. The van der Waals surface area contributed by atoms with Gasteiger partial charge in [-0.05, 0) is 38.1 Å². The van der Waals surface area contributed by atoms with Gasteiger partial charge < -0.3 is 21.1 Å². The zero-order chi connectivity index (χ0) is 19.2. The Morgan fingerprint density at radius 1 is 1.12 bits per heavy atom. The molecular weight excluding hydrogens is 337 g/mol. The van der Waals surface area contributed by atoms with Crippen molar-refractivity contribution in [1.29, 1.82) is 0 Å². The number of benzene rings is 2. The van der Waals surface area contributed by atoms with Crippen LogP contribution in [0.3, 0.4) is 0 Å². The lowest BCUT2D eigenvalue weighted by atomic mass is 10.1. The average molecular weight is 359 g/mol. The molecule has 2 aromatic rings. The number of anilines is 1. The van der Waals surface area contributed by atoms with Crippen molar-refractivity contribution in [2.24, 2.45) is 5.73 Å². The van der Waals surface area contributed by atoms with Crippen molar-refractivity contribution in [3.8, 4) is 5.75 Å². The van der Waals surface area contributed by atoms with Gasteiger partial charge in [-0.25, -0.2) is 4.39 Å². The van der Waals surface area contributed by atoms with E-state index in [1.807, 2.05) is 0 Å². The van der Waals surface area contributed by atoms with Gasteiger partial charge in [0.2, 0.25) is 0 Å². The third-order valence-electron chi connectivity index (χ3n) is 3.34. The summed E-state index contributed by atoms with van der Waals surface area (Å²) in [4.78, 5) is 24.3. The second kappa shape index (κ2) is 8.44. The first-order valence-electron chi connectivity index (χ1n) is 8.09. The third kappa shape index (κ3) is 5.86. The van der Waals surface area contributed by atoms with E-state index in [2.05, 4.69) is 10.6 Å². The first-order chi connectivity index (χ1) is 12.3. The molecule has 0 spiro atoms. The van der Waals surface area contributed by atoms with Crippen LogP contribution in [0.4, 0.5) is 10.1 Å². The Bertz CT molecular complexity index is 788. The van der Waals surface area contributed by atoms with Crippen LogP contribution in [-0.4, -0.2) is 30.5 Å². The maximum atomic E-state index is 13.5. The lowest BCUT2D eigenvalue weighted by Gasteiger charge is -2.19. The summed E-state index contributed by atoms with van der Waals surface area (Å²) in [5.41, 5.74) is 5.66. The summed E-state index contributed by atoms with van der Waals surface area (Å²) in [6.07, 6.45) is 0. The lowest BCUT2D eigenvalue weighted by Crippen LogP contribution is -2.45. The molecule has 0 fully saturated rings. The minimum Gasteiger partial charge on any atom is -0.483 e. The Balaban J connectivity index is 1.98. The second-order valence-corrected chi connectivity index (χ2v) is 6.48. The minimum absolute atomic E-state index is 0.0669. The molecule has 138 valence electrons. The van der Waals surface area contributed by atoms with E-state index in [1.54, 1.807) is 44.2 Å². The number of nitrogens with one attached hydrogen (secondary N) is 2. The predicted molar refractivity (Wildman–Crippen MR) is 97.6 cm³/mol. The highest BCUT2D eigenvalue weighted by molar-refractivity contribution is 5.97. The van der Waals surface area contributed by atoms with Gasteiger partial charge >= 0.3 is 0 Å². The van der Waals surface area contributed by atoms with E-state index >= 15 is 0 Å². The molecule has 0 unspecified atom stereocenters. The predicted octanol–water partition coefficient (Wildman–Crippen LogP) is 2.31. The summed E-state index contributed by atoms with van der Waals surface area (Å²) in [6.45, 7) is 3.51. The largest absolute Gasteiger partial charge is 0.483 e. The van der Waals surface area contributed by atoms with E-state index in [0.717, 1.165) is 0 Å². The molecule has 2 rings (SSSR count). The molecule has 0 atom stereocenters. The van der Waals surface area contributed by atoms with Crippen LogP contribution < -0.4 is 21.1 Å². The van der Waals surface area contributed by atoms with Crippen LogP contribution in [0.1, 0.15) is 24.2 Å². The molecule has 26 heavy (non-hydrogen) atoms. The van der Waals surface area contributed by atoms with Crippen LogP contribution in [0.15, 0.2) is 48.5 Å². The van der Waals surface area contributed by atoms with Crippen LogP contribution in [-0.2, 0) is 4.79 Å². The van der Waals surface area contributed by atoms with E-state index in [1.165, 1.54) is 18.2 Å². The topological polar surface area (TPSA) is 93.4 Å². The Labute approximate surface area is 151 Å². The Morgan fingerprint density at radius 3 is 2.46 bits per heavy atom. The number of nitrogens with two attached hydrogens (primary N) is 1. The molecule has 0 heterocycles. The van der Waals surface area contributed by atoms with Gasteiger partial charge in [0.15, 0.2) is 6.61 Å². The van der Waals surface area contributed by atoms with E-state index in [9.17, 15) is 14.0 Å². The van der Waals surface area contributed by atoms with Crippen molar-refractivity contribution in [3.63, 3.8) is 0 Å². The number of hydrogen-bond donors (Lipinski definition) is 3. The van der Waals surface area contributed by atoms with Gasteiger partial charge in [-0.15, -0.1) is 0 Å². The van der Waals surface area contributed by atoms with Crippen molar-refractivity contribution < 1.29 is 18.7 Å². The molecule has 0 aliphatic rings. The van der Waals surface area contributed by atoms with Crippen LogP contribution in [0, 0.1) is 5.82 Å². The van der Waals surface area contributed by atoms with Crippen molar-refractivity contribution in [2.45, 2.75) is 19.4 Å². The molecule has 4 N–H and O–H groups in total. The van der Waals surface area contributed by atoms with Crippen LogP contribution >= 0.6 is 0 Å². The van der Waals surface area contributed by atoms with Gasteiger partial charge in [0.05, 0.1) is 11.3 Å². The minimum atomic E-state index is -0.550. The average Bonchev–Trinajstić information content (AvgIpc) is 2.59. The fourth-order valence-electron chi connectivity index (χ4n) is 2.08. The molecule has 0 saturated carbocycles. The van der Waals surface area contributed by atoms with Gasteiger partial charge in [0.25, 0.3) is 11.8 Å². The number of amides is 2. The maximum absolute atomic E-state index is 13.5. The highest BCUT2D eigenvalue weighted by Gasteiger charge is 2.17. The van der Waals surface area contributed by atoms with Crippen LogP contribution in [0.25, 0.3) is 0 Å². The summed E-state index contributed by atoms with van der Waals surface area (Å²) in [7, 11) is 0. The molecule has 7 heteroatoms. The quantitative estimate of drug-likeness (QED) is 0.707. The van der Waals surface area contributed by atoms with E-state index in [0.29, 0.717) is 0 Å². The summed E-state index contributed by atoms with van der Waals surface area (Å²) in [5.74, 6) is -1.17. The fraction of sp³-hybridized carbons (Fsp3) is 0.263. The number of para-hydroxylation sites is 2. The zero-order valence-corrected chi connectivity index (χ0v) is 14.7. The van der Waals surface area contributed by atoms with E-state index in [4.69, 9.17) is 10.5 Å². The van der Waals surface area contributed by atoms with Crippen LogP contribution in [0.5, 0.6) is 5.75 Å².